The summed E-state index contributed by atoms with van der Waals surface area (Å²) in [6.45, 7) is 0.383. The van der Waals surface area contributed by atoms with Gasteiger partial charge in [0.05, 0.1) is 23.0 Å². The lowest BCUT2D eigenvalue weighted by molar-refractivity contribution is 0.102. The van der Waals surface area contributed by atoms with Crippen LogP contribution in [-0.2, 0) is 13.6 Å². The van der Waals surface area contributed by atoms with Crippen molar-refractivity contribution in [1.82, 2.24) is 19.7 Å². The Balaban J connectivity index is 1.49. The van der Waals surface area contributed by atoms with Crippen LogP contribution >= 0.6 is 0 Å². The second-order valence-electron chi connectivity index (χ2n) is 7.89. The van der Waals surface area contributed by atoms with Crippen LogP contribution in [0.4, 0.5) is 26.4 Å². The molecule has 0 unspecified atom stereocenters. The predicted molar refractivity (Wildman–Crippen MR) is 129 cm³/mol. The monoisotopic (exact) mass is 461 g/mol. The van der Waals surface area contributed by atoms with Gasteiger partial charge in [-0.25, -0.2) is 14.2 Å². The molecule has 0 aliphatic heterocycles. The second-order valence-corrected chi connectivity index (χ2v) is 7.89. The number of urea groups is 1. The first-order valence-corrected chi connectivity index (χ1v) is 10.5. The number of fused-ring (bicyclic) bond motifs is 1. The molecule has 0 aliphatic carbocycles. The highest BCUT2D eigenvalue weighted by molar-refractivity contribution is 6.08. The number of hydrogen-bond donors (Lipinski definition) is 3. The van der Waals surface area contributed by atoms with Crippen molar-refractivity contribution in [2.75, 3.05) is 30.0 Å². The second kappa shape index (κ2) is 9.57. The van der Waals surface area contributed by atoms with Gasteiger partial charge in [0, 0.05) is 51.0 Å². The Labute approximate surface area is 195 Å². The third kappa shape index (κ3) is 4.96. The van der Waals surface area contributed by atoms with Gasteiger partial charge in [0.25, 0.3) is 5.91 Å². The fraction of sp³-hybridized carbons (Fsp3) is 0.167. The number of anilines is 3. The highest BCUT2D eigenvalue weighted by Crippen LogP contribution is 2.24. The molecule has 0 saturated carbocycles. The van der Waals surface area contributed by atoms with Crippen LogP contribution < -0.4 is 16.0 Å². The van der Waals surface area contributed by atoms with Crippen LogP contribution in [0.2, 0.25) is 0 Å². The summed E-state index contributed by atoms with van der Waals surface area (Å²) in [7, 11) is 5.01. The molecule has 3 amide bonds. The lowest BCUT2D eigenvalue weighted by Crippen LogP contribution is -2.27. The van der Waals surface area contributed by atoms with Gasteiger partial charge in [-0.05, 0) is 35.9 Å². The van der Waals surface area contributed by atoms with E-state index in [-0.39, 0.29) is 11.7 Å². The van der Waals surface area contributed by atoms with Crippen molar-refractivity contribution >= 4 is 40.0 Å². The SMILES string of the molecule is CN(C)C(=O)Nc1cc(CNc2ccccc2C(=O)Nc2cc3cnn(C)c3cc2F)ccn1. The van der Waals surface area contributed by atoms with E-state index in [2.05, 4.69) is 26.0 Å². The number of para-hydroxylation sites is 1. The Morgan fingerprint density at radius 3 is 2.65 bits per heavy atom. The van der Waals surface area contributed by atoms with Crippen LogP contribution in [0.25, 0.3) is 10.9 Å². The Morgan fingerprint density at radius 1 is 1.06 bits per heavy atom. The van der Waals surface area contributed by atoms with E-state index < -0.39 is 11.7 Å². The summed E-state index contributed by atoms with van der Waals surface area (Å²) in [5, 5.41) is 13.4. The summed E-state index contributed by atoms with van der Waals surface area (Å²) >= 11 is 0. The number of carbonyl (C=O) groups excluding carboxylic acids is 2. The molecule has 9 nitrogen and oxygen atoms in total. The van der Waals surface area contributed by atoms with Crippen LogP contribution in [0.1, 0.15) is 15.9 Å². The molecule has 0 aliphatic rings. The molecule has 0 fully saturated rings. The first kappa shape index (κ1) is 22.7. The maximum atomic E-state index is 14.6. The average Bonchev–Trinajstić information content (AvgIpc) is 3.17. The van der Waals surface area contributed by atoms with Gasteiger partial charge in [-0.3, -0.25) is 14.8 Å². The summed E-state index contributed by atoms with van der Waals surface area (Å²) < 4.78 is 16.2. The summed E-state index contributed by atoms with van der Waals surface area (Å²) in [5.74, 6) is -0.567. The molecular weight excluding hydrogens is 437 g/mol. The molecule has 0 saturated heterocycles. The van der Waals surface area contributed by atoms with Crippen molar-refractivity contribution in [1.29, 1.82) is 0 Å². The Morgan fingerprint density at radius 2 is 1.85 bits per heavy atom. The van der Waals surface area contributed by atoms with Crippen LogP contribution in [-0.4, -0.2) is 45.7 Å². The number of amides is 3. The minimum Gasteiger partial charge on any atom is -0.380 e. The van der Waals surface area contributed by atoms with Crippen LogP contribution in [0.3, 0.4) is 0 Å². The topological polar surface area (TPSA) is 104 Å². The molecule has 174 valence electrons. The van der Waals surface area contributed by atoms with Crippen molar-refractivity contribution in [3.8, 4) is 0 Å². The number of rotatable bonds is 6. The molecule has 0 spiro atoms. The fourth-order valence-corrected chi connectivity index (χ4v) is 3.37. The molecule has 2 heterocycles. The molecular formula is C24H24FN7O2. The minimum absolute atomic E-state index is 0.0794. The smallest absolute Gasteiger partial charge is 0.322 e. The molecule has 2 aromatic carbocycles. The summed E-state index contributed by atoms with van der Waals surface area (Å²) in [6, 6.07) is 13.1. The molecule has 34 heavy (non-hydrogen) atoms. The van der Waals surface area contributed by atoms with Gasteiger partial charge in [-0.15, -0.1) is 0 Å². The quantitative estimate of drug-likeness (QED) is 0.402. The third-order valence-corrected chi connectivity index (χ3v) is 5.20. The molecule has 3 N–H and O–H groups in total. The third-order valence-electron chi connectivity index (χ3n) is 5.20. The number of nitrogens with zero attached hydrogens (tertiary/aromatic N) is 4. The van der Waals surface area contributed by atoms with Gasteiger partial charge in [0.15, 0.2) is 0 Å². The minimum atomic E-state index is -0.543. The number of hydrogen-bond acceptors (Lipinski definition) is 5. The molecule has 4 aromatic rings. The number of aromatic nitrogens is 3. The number of nitrogens with one attached hydrogen (secondary N) is 3. The van der Waals surface area contributed by atoms with Gasteiger partial charge in [-0.1, -0.05) is 12.1 Å². The van der Waals surface area contributed by atoms with Crippen molar-refractivity contribution < 1.29 is 14.0 Å². The molecule has 4 rings (SSSR count). The van der Waals surface area contributed by atoms with Crippen molar-refractivity contribution in [3.63, 3.8) is 0 Å². The van der Waals surface area contributed by atoms with Crippen LogP contribution in [0, 0.1) is 5.82 Å². The number of carbonyl (C=O) groups is 2. The van der Waals surface area contributed by atoms with Gasteiger partial charge in [0.2, 0.25) is 0 Å². The lowest BCUT2D eigenvalue weighted by atomic mass is 10.1. The first-order valence-electron chi connectivity index (χ1n) is 10.5. The number of aryl methyl sites for hydroxylation is 1. The van der Waals surface area contributed by atoms with E-state index in [0.717, 1.165) is 10.9 Å². The molecule has 0 bridgehead atoms. The normalized spacial score (nSPS) is 10.7. The lowest BCUT2D eigenvalue weighted by Gasteiger charge is -2.14. The van der Waals surface area contributed by atoms with Gasteiger partial charge in [-0.2, -0.15) is 5.10 Å². The average molecular weight is 462 g/mol. The summed E-state index contributed by atoms with van der Waals surface area (Å²) in [6.07, 6.45) is 3.21. The van der Waals surface area contributed by atoms with Crippen molar-refractivity contribution in [2.24, 2.45) is 7.05 Å². The maximum Gasteiger partial charge on any atom is 0.322 e. The Kier molecular flexibility index (Phi) is 6.39. The first-order chi connectivity index (χ1) is 16.3. The fourth-order valence-electron chi connectivity index (χ4n) is 3.37. The largest absolute Gasteiger partial charge is 0.380 e. The molecule has 0 atom stereocenters. The summed E-state index contributed by atoms with van der Waals surface area (Å²) in [5.41, 5.74) is 2.51. The van der Waals surface area contributed by atoms with E-state index in [4.69, 9.17) is 0 Å². The van der Waals surface area contributed by atoms with Crippen molar-refractivity contribution in [2.45, 2.75) is 6.54 Å². The van der Waals surface area contributed by atoms with E-state index in [1.165, 1.54) is 11.0 Å². The number of benzene rings is 2. The number of pyridine rings is 1. The van der Waals surface area contributed by atoms with Gasteiger partial charge < -0.3 is 15.5 Å². The highest BCUT2D eigenvalue weighted by Gasteiger charge is 2.15. The number of halogens is 1. The van der Waals surface area contributed by atoms with Crippen LogP contribution in [0.15, 0.2) is 60.9 Å². The highest BCUT2D eigenvalue weighted by atomic mass is 19.1. The maximum absolute atomic E-state index is 14.6. The zero-order chi connectivity index (χ0) is 24.2. The standard InChI is InChI=1S/C24H24FN7O2/c1-31(2)24(34)30-22-10-15(8-9-26-22)13-27-19-7-5-4-6-17(19)23(33)29-20-11-16-14-28-32(3)21(16)12-18(20)25/h4-12,14,27H,13H2,1-3H3,(H,29,33)(H,26,30,34). The van der Waals surface area contributed by atoms with E-state index in [1.54, 1.807) is 80.7 Å². The van der Waals surface area contributed by atoms with E-state index >= 15 is 0 Å². The van der Waals surface area contributed by atoms with Crippen molar-refractivity contribution in [3.05, 3.63) is 77.9 Å². The van der Waals surface area contributed by atoms with E-state index in [0.29, 0.717) is 29.1 Å². The molecule has 10 heteroatoms. The molecule has 0 radical (unpaired) electrons. The van der Waals surface area contributed by atoms with Gasteiger partial charge >= 0.3 is 6.03 Å². The van der Waals surface area contributed by atoms with E-state index in [1.807, 2.05) is 0 Å². The zero-order valence-electron chi connectivity index (χ0n) is 19.0. The van der Waals surface area contributed by atoms with Gasteiger partial charge in [0.1, 0.15) is 11.6 Å². The zero-order valence-corrected chi connectivity index (χ0v) is 19.0. The van der Waals surface area contributed by atoms with Crippen LogP contribution in [0.5, 0.6) is 0 Å². The molecule has 2 aromatic heterocycles. The predicted octanol–water partition coefficient (Wildman–Crippen LogP) is 4.07. The summed E-state index contributed by atoms with van der Waals surface area (Å²) in [4.78, 5) is 30.4. The van der Waals surface area contributed by atoms with E-state index in [9.17, 15) is 14.0 Å². The Hall–Kier alpha value is -4.47. The Bertz CT molecular complexity index is 1370.